The van der Waals surface area contributed by atoms with Gasteiger partial charge in [0.05, 0.1) is 0 Å². The molecule has 124 valence electrons. The van der Waals surface area contributed by atoms with Crippen molar-refractivity contribution >= 4 is 11.9 Å². The SMILES string of the molecule is CC(C)C(C)OC(=O)CCCC(=O)OC(C(C)C)C(C)C. The van der Waals surface area contributed by atoms with Gasteiger partial charge in [-0.25, -0.2) is 0 Å². The van der Waals surface area contributed by atoms with Crippen LogP contribution in [0.5, 0.6) is 0 Å². The van der Waals surface area contributed by atoms with E-state index in [-0.39, 0.29) is 37.0 Å². The van der Waals surface area contributed by atoms with E-state index in [0.29, 0.717) is 24.2 Å². The molecular formula is C17H32O4. The smallest absolute Gasteiger partial charge is 0.306 e. The van der Waals surface area contributed by atoms with Crippen LogP contribution in [0.15, 0.2) is 0 Å². The van der Waals surface area contributed by atoms with Crippen molar-refractivity contribution in [2.75, 3.05) is 0 Å². The van der Waals surface area contributed by atoms with E-state index >= 15 is 0 Å². The molecule has 0 bridgehead atoms. The number of carbonyl (C=O) groups is 2. The highest BCUT2D eigenvalue weighted by Crippen LogP contribution is 2.17. The molecule has 1 unspecified atom stereocenters. The summed E-state index contributed by atoms with van der Waals surface area (Å²) in [7, 11) is 0. The summed E-state index contributed by atoms with van der Waals surface area (Å²) in [4.78, 5) is 23.4. The molecule has 1 atom stereocenters. The third-order valence-corrected chi connectivity index (χ3v) is 3.60. The Balaban J connectivity index is 4.01. The monoisotopic (exact) mass is 300 g/mol. The zero-order valence-corrected chi connectivity index (χ0v) is 14.6. The highest BCUT2D eigenvalue weighted by Gasteiger charge is 2.22. The minimum Gasteiger partial charge on any atom is -0.462 e. The van der Waals surface area contributed by atoms with E-state index < -0.39 is 0 Å². The molecule has 0 aromatic rings. The molecule has 0 N–H and O–H groups in total. The van der Waals surface area contributed by atoms with Crippen molar-refractivity contribution in [3.05, 3.63) is 0 Å². The fourth-order valence-corrected chi connectivity index (χ4v) is 2.03. The Kier molecular flexibility index (Phi) is 9.31. The highest BCUT2D eigenvalue weighted by atomic mass is 16.5. The first kappa shape index (κ1) is 19.9. The van der Waals surface area contributed by atoms with E-state index in [2.05, 4.69) is 0 Å². The molecule has 0 fully saturated rings. The molecule has 0 aliphatic heterocycles. The number of carbonyl (C=O) groups excluding carboxylic acids is 2. The zero-order valence-electron chi connectivity index (χ0n) is 14.6. The van der Waals surface area contributed by atoms with Crippen molar-refractivity contribution in [1.82, 2.24) is 0 Å². The van der Waals surface area contributed by atoms with Gasteiger partial charge in [0.15, 0.2) is 0 Å². The van der Waals surface area contributed by atoms with Crippen molar-refractivity contribution in [3.63, 3.8) is 0 Å². The second-order valence-corrected chi connectivity index (χ2v) is 6.74. The first-order valence-corrected chi connectivity index (χ1v) is 8.04. The normalized spacial score (nSPS) is 13.1. The number of rotatable bonds is 9. The Morgan fingerprint density at radius 2 is 1.14 bits per heavy atom. The van der Waals surface area contributed by atoms with E-state index in [0.717, 1.165) is 0 Å². The molecule has 0 spiro atoms. The van der Waals surface area contributed by atoms with E-state index in [1.165, 1.54) is 0 Å². The Morgan fingerprint density at radius 3 is 1.52 bits per heavy atom. The Hall–Kier alpha value is -1.06. The van der Waals surface area contributed by atoms with Gasteiger partial charge in [-0.15, -0.1) is 0 Å². The van der Waals surface area contributed by atoms with Gasteiger partial charge in [0.25, 0.3) is 0 Å². The lowest BCUT2D eigenvalue weighted by molar-refractivity contribution is -0.154. The summed E-state index contributed by atoms with van der Waals surface area (Å²) in [5.74, 6) is 0.425. The van der Waals surface area contributed by atoms with Crippen LogP contribution in [-0.4, -0.2) is 24.1 Å². The predicted octanol–water partition coefficient (Wildman–Crippen LogP) is 3.97. The molecule has 0 saturated carbocycles. The molecule has 0 radical (unpaired) electrons. The van der Waals surface area contributed by atoms with Crippen LogP contribution in [0.3, 0.4) is 0 Å². The first-order chi connectivity index (χ1) is 9.65. The molecule has 0 amide bonds. The average Bonchev–Trinajstić information content (AvgIpc) is 2.34. The maximum Gasteiger partial charge on any atom is 0.306 e. The molecule has 21 heavy (non-hydrogen) atoms. The summed E-state index contributed by atoms with van der Waals surface area (Å²) in [6, 6.07) is 0. The van der Waals surface area contributed by atoms with Crippen molar-refractivity contribution in [2.24, 2.45) is 17.8 Å². The summed E-state index contributed by atoms with van der Waals surface area (Å²) in [6.45, 7) is 14.1. The summed E-state index contributed by atoms with van der Waals surface area (Å²) < 4.78 is 10.7. The Morgan fingerprint density at radius 1 is 0.714 bits per heavy atom. The van der Waals surface area contributed by atoms with Crippen molar-refractivity contribution in [2.45, 2.75) is 79.9 Å². The molecule has 4 nitrogen and oxygen atoms in total. The van der Waals surface area contributed by atoms with Crippen LogP contribution in [0, 0.1) is 17.8 Å². The summed E-state index contributed by atoms with van der Waals surface area (Å²) in [5.41, 5.74) is 0. The number of hydrogen-bond donors (Lipinski definition) is 0. The van der Waals surface area contributed by atoms with Gasteiger partial charge in [0.1, 0.15) is 12.2 Å². The maximum absolute atomic E-state index is 11.8. The van der Waals surface area contributed by atoms with Crippen LogP contribution in [-0.2, 0) is 19.1 Å². The Bertz CT molecular complexity index is 313. The molecule has 0 rings (SSSR count). The molecule has 4 heteroatoms. The largest absolute Gasteiger partial charge is 0.462 e. The van der Waals surface area contributed by atoms with Crippen LogP contribution in [0.2, 0.25) is 0 Å². The van der Waals surface area contributed by atoms with Crippen molar-refractivity contribution in [3.8, 4) is 0 Å². The maximum atomic E-state index is 11.8. The lowest BCUT2D eigenvalue weighted by atomic mass is 9.96. The van der Waals surface area contributed by atoms with Crippen LogP contribution in [0.25, 0.3) is 0 Å². The van der Waals surface area contributed by atoms with Gasteiger partial charge in [0, 0.05) is 12.8 Å². The average molecular weight is 300 g/mol. The molecule has 0 saturated heterocycles. The summed E-state index contributed by atoms with van der Waals surface area (Å²) >= 11 is 0. The molecule has 0 aliphatic carbocycles. The molecule has 0 aromatic heterocycles. The van der Waals surface area contributed by atoms with Crippen molar-refractivity contribution < 1.29 is 19.1 Å². The minimum atomic E-state index is -0.242. The quantitative estimate of drug-likeness (QED) is 0.605. The van der Waals surface area contributed by atoms with Gasteiger partial charge in [0.2, 0.25) is 0 Å². The lowest BCUT2D eigenvalue weighted by Gasteiger charge is -2.24. The van der Waals surface area contributed by atoms with Crippen LogP contribution >= 0.6 is 0 Å². The second kappa shape index (κ2) is 9.80. The standard InChI is InChI=1S/C17H32O4/c1-11(2)14(7)20-15(18)9-8-10-16(19)21-17(12(3)4)13(5)6/h11-14,17H,8-10H2,1-7H3. The van der Waals surface area contributed by atoms with Gasteiger partial charge < -0.3 is 9.47 Å². The third kappa shape index (κ3) is 8.74. The highest BCUT2D eigenvalue weighted by molar-refractivity contribution is 5.72. The van der Waals surface area contributed by atoms with Crippen LogP contribution in [0.4, 0.5) is 0 Å². The lowest BCUT2D eigenvalue weighted by Crippen LogP contribution is -2.28. The van der Waals surface area contributed by atoms with Gasteiger partial charge in [-0.05, 0) is 31.1 Å². The zero-order chi connectivity index (χ0) is 16.6. The second-order valence-electron chi connectivity index (χ2n) is 6.74. The van der Waals surface area contributed by atoms with E-state index in [4.69, 9.17) is 9.47 Å². The predicted molar refractivity (Wildman–Crippen MR) is 83.8 cm³/mol. The molecule has 0 aromatic carbocycles. The number of esters is 2. The third-order valence-electron chi connectivity index (χ3n) is 3.60. The Labute approximate surface area is 129 Å². The fourth-order valence-electron chi connectivity index (χ4n) is 2.03. The summed E-state index contributed by atoms with van der Waals surface area (Å²) in [5, 5.41) is 0. The van der Waals surface area contributed by atoms with Gasteiger partial charge in [-0.1, -0.05) is 41.5 Å². The van der Waals surface area contributed by atoms with Crippen molar-refractivity contribution in [1.29, 1.82) is 0 Å². The molecule has 0 heterocycles. The van der Waals surface area contributed by atoms with Crippen LogP contribution in [0.1, 0.15) is 67.7 Å². The van der Waals surface area contributed by atoms with Gasteiger partial charge in [-0.3, -0.25) is 9.59 Å². The number of ether oxygens (including phenoxy) is 2. The molecular weight excluding hydrogens is 268 g/mol. The van der Waals surface area contributed by atoms with Gasteiger partial charge in [-0.2, -0.15) is 0 Å². The van der Waals surface area contributed by atoms with E-state index in [1.54, 1.807) is 0 Å². The fraction of sp³-hybridized carbons (Fsp3) is 0.882. The van der Waals surface area contributed by atoms with E-state index in [1.807, 2.05) is 48.5 Å². The van der Waals surface area contributed by atoms with Crippen LogP contribution < -0.4 is 0 Å². The first-order valence-electron chi connectivity index (χ1n) is 8.04. The minimum absolute atomic E-state index is 0.0644. The molecule has 0 aliphatic rings. The topological polar surface area (TPSA) is 52.6 Å². The van der Waals surface area contributed by atoms with E-state index in [9.17, 15) is 9.59 Å². The van der Waals surface area contributed by atoms with Gasteiger partial charge >= 0.3 is 11.9 Å². The summed E-state index contributed by atoms with van der Waals surface area (Å²) in [6.07, 6.45) is 0.855. The number of hydrogen-bond acceptors (Lipinski definition) is 4.